The van der Waals surface area contributed by atoms with E-state index in [4.69, 9.17) is 11.6 Å². The number of sulfonamides is 1. The number of halogens is 2. The Balaban J connectivity index is 2.21. The Hall–Kier alpha value is -2.10. The lowest BCUT2D eigenvalue weighted by Gasteiger charge is -2.30. The van der Waals surface area contributed by atoms with Crippen LogP contribution in [0, 0.1) is 6.92 Å². The summed E-state index contributed by atoms with van der Waals surface area (Å²) in [7, 11) is -3.59. The molecule has 0 saturated carbocycles. The van der Waals surface area contributed by atoms with Crippen LogP contribution in [0.15, 0.2) is 46.9 Å². The molecule has 0 aliphatic rings. The smallest absolute Gasteiger partial charge is 0.242 e. The van der Waals surface area contributed by atoms with Crippen molar-refractivity contribution in [1.29, 1.82) is 0 Å². The van der Waals surface area contributed by atoms with Crippen molar-refractivity contribution in [2.75, 3.05) is 17.1 Å². The van der Waals surface area contributed by atoms with E-state index in [1.165, 1.54) is 9.21 Å². The van der Waals surface area contributed by atoms with E-state index < -0.39 is 16.1 Å². The van der Waals surface area contributed by atoms with Crippen molar-refractivity contribution >= 4 is 55.1 Å². The minimum atomic E-state index is -3.59. The molecule has 0 aromatic heterocycles. The van der Waals surface area contributed by atoms with Gasteiger partial charge in [0.2, 0.25) is 21.8 Å². The molecule has 1 atom stereocenters. The molecule has 0 aliphatic heterocycles. The minimum absolute atomic E-state index is 0.0583. The number of rotatable bonds is 11. The summed E-state index contributed by atoms with van der Waals surface area (Å²) in [5, 5.41) is 3.29. The second-order valence-corrected chi connectivity index (χ2v) is 12.1. The molecule has 2 aromatic carbocycles. The predicted octanol–water partition coefficient (Wildman–Crippen LogP) is 4.90. The van der Waals surface area contributed by atoms with Gasteiger partial charge >= 0.3 is 0 Å². The molecule has 192 valence electrons. The second kappa shape index (κ2) is 12.7. The van der Waals surface area contributed by atoms with Gasteiger partial charge in [-0.15, -0.1) is 0 Å². The number of nitrogens with zero attached hydrogens (tertiary/aromatic N) is 2. The highest BCUT2D eigenvalue weighted by molar-refractivity contribution is 9.10. The van der Waals surface area contributed by atoms with Crippen LogP contribution in [-0.2, 0) is 26.2 Å². The zero-order valence-corrected chi connectivity index (χ0v) is 23.9. The number of carbonyl (C=O) groups is 2. The molecule has 0 spiro atoms. The Morgan fingerprint density at radius 2 is 1.80 bits per heavy atom. The molecule has 0 fully saturated rings. The van der Waals surface area contributed by atoms with Crippen LogP contribution in [0.2, 0.25) is 5.02 Å². The first-order valence-corrected chi connectivity index (χ1v) is 14.4. The number of anilines is 1. The Morgan fingerprint density at radius 3 is 2.40 bits per heavy atom. The fourth-order valence-corrected chi connectivity index (χ4v) is 5.28. The van der Waals surface area contributed by atoms with Gasteiger partial charge in [0.1, 0.15) is 6.04 Å². The zero-order valence-electron chi connectivity index (χ0n) is 20.7. The van der Waals surface area contributed by atoms with Gasteiger partial charge in [0.25, 0.3) is 0 Å². The van der Waals surface area contributed by atoms with Gasteiger partial charge in [-0.1, -0.05) is 45.7 Å². The quantitative estimate of drug-likeness (QED) is 0.406. The lowest BCUT2D eigenvalue weighted by atomic mass is 10.1. The third-order valence-electron chi connectivity index (χ3n) is 5.43. The van der Waals surface area contributed by atoms with Crippen molar-refractivity contribution in [3.63, 3.8) is 0 Å². The lowest BCUT2D eigenvalue weighted by molar-refractivity contribution is -0.140. The molecule has 2 rings (SSSR count). The number of amides is 2. The Bertz CT molecular complexity index is 1160. The number of hydrogen-bond acceptors (Lipinski definition) is 4. The van der Waals surface area contributed by atoms with Crippen LogP contribution in [0.1, 0.15) is 44.7 Å². The molecule has 7 nitrogen and oxygen atoms in total. The molecule has 2 aromatic rings. The van der Waals surface area contributed by atoms with Crippen molar-refractivity contribution in [2.45, 2.75) is 59.2 Å². The van der Waals surface area contributed by atoms with Gasteiger partial charge in [-0.25, -0.2) is 8.42 Å². The summed E-state index contributed by atoms with van der Waals surface area (Å²) in [6.45, 7) is 7.61. The van der Waals surface area contributed by atoms with Crippen molar-refractivity contribution in [2.24, 2.45) is 0 Å². The monoisotopic (exact) mass is 585 g/mol. The summed E-state index contributed by atoms with van der Waals surface area (Å²) in [6, 6.07) is 11.9. The zero-order chi connectivity index (χ0) is 26.3. The van der Waals surface area contributed by atoms with Crippen molar-refractivity contribution in [3.05, 3.63) is 63.1 Å². The third kappa shape index (κ3) is 8.81. The molecule has 0 bridgehead atoms. The van der Waals surface area contributed by atoms with E-state index in [1.54, 1.807) is 25.1 Å². The van der Waals surface area contributed by atoms with Crippen LogP contribution in [0.5, 0.6) is 0 Å². The summed E-state index contributed by atoms with van der Waals surface area (Å²) in [5.74, 6) is -0.469. The SMILES string of the molecule is Cc1ccc(Cl)cc1N(CCCC(=O)N(Cc1cccc(Br)c1)[C@H](C)C(=O)NC(C)C)S(C)(=O)=O. The van der Waals surface area contributed by atoms with E-state index in [0.29, 0.717) is 10.7 Å². The largest absolute Gasteiger partial charge is 0.352 e. The average molecular weight is 587 g/mol. The standard InChI is InChI=1S/C25H33BrClN3O4S/c1-17(2)28-25(32)19(4)29(16-20-8-6-9-21(26)14-20)24(31)10-7-13-30(35(5,33)34)23-15-22(27)12-11-18(23)3/h6,8-9,11-12,14-15,17,19H,7,10,13,16H2,1-5H3,(H,28,32)/t19-/m1/s1. The summed E-state index contributed by atoms with van der Waals surface area (Å²) < 4.78 is 27.2. The number of aryl methyl sites for hydroxylation is 1. The normalized spacial score (nSPS) is 12.3. The molecule has 0 unspecified atom stereocenters. The summed E-state index contributed by atoms with van der Waals surface area (Å²) >= 11 is 9.54. The molecule has 0 heterocycles. The maximum absolute atomic E-state index is 13.3. The molecular formula is C25H33BrClN3O4S. The minimum Gasteiger partial charge on any atom is -0.352 e. The first-order valence-electron chi connectivity index (χ1n) is 11.4. The van der Waals surface area contributed by atoms with Gasteiger partial charge < -0.3 is 10.2 Å². The maximum Gasteiger partial charge on any atom is 0.242 e. The van der Waals surface area contributed by atoms with Gasteiger partial charge in [0.15, 0.2) is 0 Å². The van der Waals surface area contributed by atoms with Gasteiger partial charge in [-0.3, -0.25) is 13.9 Å². The van der Waals surface area contributed by atoms with Crippen LogP contribution in [0.4, 0.5) is 5.69 Å². The predicted molar refractivity (Wildman–Crippen MR) is 145 cm³/mol. The maximum atomic E-state index is 13.3. The van der Waals surface area contributed by atoms with E-state index in [0.717, 1.165) is 21.9 Å². The van der Waals surface area contributed by atoms with Crippen LogP contribution in [0.25, 0.3) is 0 Å². The summed E-state index contributed by atoms with van der Waals surface area (Å²) in [5.41, 5.74) is 2.13. The Kier molecular flexibility index (Phi) is 10.6. The van der Waals surface area contributed by atoms with E-state index in [-0.39, 0.29) is 43.8 Å². The first kappa shape index (κ1) is 29.1. The van der Waals surface area contributed by atoms with Crippen molar-refractivity contribution in [3.8, 4) is 0 Å². The van der Waals surface area contributed by atoms with Crippen LogP contribution in [-0.4, -0.2) is 50.0 Å². The first-order chi connectivity index (χ1) is 16.3. The molecule has 2 amide bonds. The number of hydrogen-bond donors (Lipinski definition) is 1. The fourth-order valence-electron chi connectivity index (χ4n) is 3.65. The van der Waals surface area contributed by atoms with Crippen LogP contribution < -0.4 is 9.62 Å². The van der Waals surface area contributed by atoms with E-state index in [9.17, 15) is 18.0 Å². The topological polar surface area (TPSA) is 86.8 Å². The van der Waals surface area contributed by atoms with E-state index in [2.05, 4.69) is 21.2 Å². The molecule has 0 saturated heterocycles. The lowest BCUT2D eigenvalue weighted by Crippen LogP contribution is -2.49. The highest BCUT2D eigenvalue weighted by atomic mass is 79.9. The molecule has 0 aliphatic carbocycles. The van der Waals surface area contributed by atoms with Crippen molar-refractivity contribution < 1.29 is 18.0 Å². The molecular weight excluding hydrogens is 554 g/mol. The van der Waals surface area contributed by atoms with Crippen molar-refractivity contribution in [1.82, 2.24) is 10.2 Å². The number of carbonyl (C=O) groups excluding carboxylic acids is 2. The summed E-state index contributed by atoms with van der Waals surface area (Å²) in [6.07, 6.45) is 1.50. The number of benzene rings is 2. The summed E-state index contributed by atoms with van der Waals surface area (Å²) in [4.78, 5) is 27.5. The molecule has 1 N–H and O–H groups in total. The van der Waals surface area contributed by atoms with Crippen LogP contribution in [0.3, 0.4) is 0 Å². The highest BCUT2D eigenvalue weighted by Gasteiger charge is 2.27. The van der Waals surface area contributed by atoms with Gasteiger partial charge in [-0.05, 0) is 69.5 Å². The van der Waals surface area contributed by atoms with Gasteiger partial charge in [0.05, 0.1) is 11.9 Å². The average Bonchev–Trinajstić information content (AvgIpc) is 2.75. The van der Waals surface area contributed by atoms with E-state index in [1.807, 2.05) is 45.0 Å². The van der Waals surface area contributed by atoms with Gasteiger partial charge in [0, 0.05) is 35.0 Å². The second-order valence-electron chi connectivity index (χ2n) is 8.86. The highest BCUT2D eigenvalue weighted by Crippen LogP contribution is 2.27. The van der Waals surface area contributed by atoms with E-state index >= 15 is 0 Å². The number of nitrogens with one attached hydrogen (secondary N) is 1. The fraction of sp³-hybridized carbons (Fsp3) is 0.440. The van der Waals surface area contributed by atoms with Gasteiger partial charge in [-0.2, -0.15) is 0 Å². The van der Waals surface area contributed by atoms with Crippen LogP contribution >= 0.6 is 27.5 Å². The molecule has 10 heteroatoms. The molecule has 0 radical (unpaired) electrons. The third-order valence-corrected chi connectivity index (χ3v) is 7.34. The molecule has 35 heavy (non-hydrogen) atoms. The Labute approximate surface area is 222 Å². The Morgan fingerprint density at radius 1 is 1.11 bits per heavy atom.